The standard InChI is InChI=1S/C17H13Cl2F3N2/c1-9-6-10(17(20,21)22)7-14-16(9)23-15(24(14)2)8-11-12(18)4-3-5-13(11)19/h3-7H,8H2,1-2H3. The van der Waals surface area contributed by atoms with Gasteiger partial charge in [0.15, 0.2) is 0 Å². The third-order valence-corrected chi connectivity index (χ3v) is 4.70. The number of aryl methyl sites for hydroxylation is 2. The summed E-state index contributed by atoms with van der Waals surface area (Å²) in [7, 11) is 1.69. The number of benzene rings is 2. The first-order chi connectivity index (χ1) is 11.2. The van der Waals surface area contributed by atoms with Gasteiger partial charge in [0.2, 0.25) is 0 Å². The molecule has 1 aromatic heterocycles. The number of hydrogen-bond acceptors (Lipinski definition) is 1. The fraction of sp³-hybridized carbons (Fsp3) is 0.235. The second kappa shape index (κ2) is 5.97. The molecule has 24 heavy (non-hydrogen) atoms. The lowest BCUT2D eigenvalue weighted by molar-refractivity contribution is -0.137. The van der Waals surface area contributed by atoms with E-state index in [1.807, 2.05) is 0 Å². The molecule has 0 aliphatic rings. The summed E-state index contributed by atoms with van der Waals surface area (Å²) in [6.45, 7) is 1.62. The second-order valence-corrected chi connectivity index (χ2v) is 6.44. The zero-order valence-corrected chi connectivity index (χ0v) is 14.4. The highest BCUT2D eigenvalue weighted by Gasteiger charge is 2.31. The second-order valence-electron chi connectivity index (χ2n) is 5.62. The van der Waals surface area contributed by atoms with Crippen LogP contribution in [-0.2, 0) is 19.6 Å². The largest absolute Gasteiger partial charge is 0.416 e. The lowest BCUT2D eigenvalue weighted by Gasteiger charge is -2.09. The highest BCUT2D eigenvalue weighted by Crippen LogP contribution is 2.34. The van der Waals surface area contributed by atoms with Crippen molar-refractivity contribution in [3.05, 3.63) is 62.9 Å². The Balaban J connectivity index is 2.14. The fourth-order valence-corrected chi connectivity index (χ4v) is 3.22. The van der Waals surface area contributed by atoms with Gasteiger partial charge in [-0.3, -0.25) is 0 Å². The lowest BCUT2D eigenvalue weighted by Crippen LogP contribution is -2.06. The van der Waals surface area contributed by atoms with Crippen LogP contribution >= 0.6 is 23.2 Å². The molecule has 0 radical (unpaired) electrons. The third kappa shape index (κ3) is 2.98. The van der Waals surface area contributed by atoms with Gasteiger partial charge in [0, 0.05) is 23.5 Å². The molecule has 0 aliphatic heterocycles. The molecule has 0 fully saturated rings. The summed E-state index contributed by atoms with van der Waals surface area (Å²) in [5.74, 6) is 0.599. The molecule has 1 heterocycles. The SMILES string of the molecule is Cc1cc(C(F)(F)F)cc2c1nc(Cc1c(Cl)cccc1Cl)n2C. The molecular weight excluding hydrogens is 360 g/mol. The van der Waals surface area contributed by atoms with Crippen molar-refractivity contribution in [2.24, 2.45) is 7.05 Å². The Hall–Kier alpha value is -1.72. The molecule has 2 aromatic carbocycles. The van der Waals surface area contributed by atoms with Crippen LogP contribution in [0.15, 0.2) is 30.3 Å². The van der Waals surface area contributed by atoms with E-state index < -0.39 is 11.7 Å². The van der Waals surface area contributed by atoms with E-state index in [1.54, 1.807) is 36.7 Å². The number of halogens is 5. The Morgan fingerprint density at radius 3 is 2.33 bits per heavy atom. The minimum absolute atomic E-state index is 0.338. The first kappa shape index (κ1) is 17.1. The first-order valence-electron chi connectivity index (χ1n) is 7.14. The molecule has 0 amide bonds. The Labute approximate surface area is 146 Å². The predicted octanol–water partition coefficient (Wildman–Crippen LogP) is 5.80. The van der Waals surface area contributed by atoms with Crippen molar-refractivity contribution < 1.29 is 13.2 Å². The van der Waals surface area contributed by atoms with E-state index in [1.165, 1.54) is 0 Å². The summed E-state index contributed by atoms with van der Waals surface area (Å²) >= 11 is 12.4. The molecule has 0 unspecified atom stereocenters. The summed E-state index contributed by atoms with van der Waals surface area (Å²) in [5.41, 5.74) is 1.47. The lowest BCUT2D eigenvalue weighted by atomic mass is 10.1. The van der Waals surface area contributed by atoms with Crippen LogP contribution < -0.4 is 0 Å². The number of fused-ring (bicyclic) bond motifs is 1. The van der Waals surface area contributed by atoms with Crippen molar-refractivity contribution in [3.8, 4) is 0 Å². The van der Waals surface area contributed by atoms with Crippen molar-refractivity contribution in [2.75, 3.05) is 0 Å². The number of rotatable bonds is 2. The van der Waals surface area contributed by atoms with Crippen LogP contribution in [0, 0.1) is 6.92 Å². The van der Waals surface area contributed by atoms with E-state index in [0.717, 1.165) is 12.1 Å². The maximum atomic E-state index is 13.0. The molecule has 0 spiro atoms. The Kier molecular flexibility index (Phi) is 4.26. The Morgan fingerprint density at radius 2 is 1.75 bits per heavy atom. The van der Waals surface area contributed by atoms with Crippen molar-refractivity contribution in [2.45, 2.75) is 19.5 Å². The molecule has 3 rings (SSSR count). The number of hydrogen-bond donors (Lipinski definition) is 0. The summed E-state index contributed by atoms with van der Waals surface area (Å²) in [4.78, 5) is 4.49. The maximum Gasteiger partial charge on any atom is 0.416 e. The topological polar surface area (TPSA) is 17.8 Å². The van der Waals surface area contributed by atoms with E-state index in [4.69, 9.17) is 23.2 Å². The van der Waals surface area contributed by atoms with Crippen molar-refractivity contribution in [1.82, 2.24) is 9.55 Å². The van der Waals surface area contributed by atoms with Gasteiger partial charge in [-0.1, -0.05) is 29.3 Å². The molecule has 3 aromatic rings. The summed E-state index contributed by atoms with van der Waals surface area (Å²) in [6, 6.07) is 7.41. The summed E-state index contributed by atoms with van der Waals surface area (Å²) in [5, 5.41) is 1.00. The average molecular weight is 373 g/mol. The van der Waals surface area contributed by atoms with Crippen LogP contribution in [0.2, 0.25) is 10.0 Å². The molecule has 0 atom stereocenters. The minimum Gasteiger partial charge on any atom is -0.331 e. The molecule has 7 heteroatoms. The molecule has 0 saturated carbocycles. The van der Waals surface area contributed by atoms with Gasteiger partial charge >= 0.3 is 6.18 Å². The van der Waals surface area contributed by atoms with Crippen molar-refractivity contribution in [3.63, 3.8) is 0 Å². The number of nitrogens with zero attached hydrogens (tertiary/aromatic N) is 2. The molecule has 0 N–H and O–H groups in total. The van der Waals surface area contributed by atoms with E-state index in [2.05, 4.69) is 4.98 Å². The molecule has 0 saturated heterocycles. The number of alkyl halides is 3. The van der Waals surface area contributed by atoms with Crippen LogP contribution in [0.3, 0.4) is 0 Å². The van der Waals surface area contributed by atoms with E-state index in [9.17, 15) is 13.2 Å². The molecular formula is C17H13Cl2F3N2. The average Bonchev–Trinajstić information content (AvgIpc) is 2.80. The molecule has 126 valence electrons. The maximum absolute atomic E-state index is 13.0. The van der Waals surface area contributed by atoms with Gasteiger partial charge in [-0.05, 0) is 42.3 Å². The van der Waals surface area contributed by atoms with Gasteiger partial charge in [0.05, 0.1) is 16.6 Å². The third-order valence-electron chi connectivity index (χ3n) is 3.99. The van der Waals surface area contributed by atoms with Gasteiger partial charge in [-0.15, -0.1) is 0 Å². The van der Waals surface area contributed by atoms with Gasteiger partial charge in [0.1, 0.15) is 5.82 Å². The Bertz CT molecular complexity index is 909. The molecule has 2 nitrogen and oxygen atoms in total. The zero-order valence-electron chi connectivity index (χ0n) is 12.9. The van der Waals surface area contributed by atoms with E-state index >= 15 is 0 Å². The van der Waals surface area contributed by atoms with Crippen LogP contribution in [-0.4, -0.2) is 9.55 Å². The van der Waals surface area contributed by atoms with Gasteiger partial charge in [0.25, 0.3) is 0 Å². The molecule has 0 bridgehead atoms. The summed E-state index contributed by atoms with van der Waals surface area (Å²) < 4.78 is 40.7. The normalized spacial score (nSPS) is 12.1. The smallest absolute Gasteiger partial charge is 0.331 e. The highest BCUT2D eigenvalue weighted by atomic mass is 35.5. The monoisotopic (exact) mass is 372 g/mol. The van der Waals surface area contributed by atoms with Gasteiger partial charge in [-0.25, -0.2) is 4.98 Å². The van der Waals surface area contributed by atoms with E-state index in [-0.39, 0.29) is 0 Å². The highest BCUT2D eigenvalue weighted by molar-refractivity contribution is 6.36. The van der Waals surface area contributed by atoms with Crippen LogP contribution in [0.1, 0.15) is 22.5 Å². The first-order valence-corrected chi connectivity index (χ1v) is 7.90. The van der Waals surface area contributed by atoms with Crippen molar-refractivity contribution in [1.29, 1.82) is 0 Å². The van der Waals surface area contributed by atoms with Crippen molar-refractivity contribution >= 4 is 34.2 Å². The summed E-state index contributed by atoms with van der Waals surface area (Å²) in [6.07, 6.45) is -4.06. The van der Waals surface area contributed by atoms with Crippen LogP contribution in [0.4, 0.5) is 13.2 Å². The van der Waals surface area contributed by atoms with Crippen LogP contribution in [0.5, 0.6) is 0 Å². The van der Waals surface area contributed by atoms with Gasteiger partial charge < -0.3 is 4.57 Å². The number of aromatic nitrogens is 2. The predicted molar refractivity (Wildman–Crippen MR) is 89.7 cm³/mol. The van der Waals surface area contributed by atoms with E-state index in [0.29, 0.717) is 44.5 Å². The fourth-order valence-electron chi connectivity index (χ4n) is 2.69. The zero-order chi connectivity index (χ0) is 17.6. The van der Waals surface area contributed by atoms with Gasteiger partial charge in [-0.2, -0.15) is 13.2 Å². The van der Waals surface area contributed by atoms with Crippen LogP contribution in [0.25, 0.3) is 11.0 Å². The quantitative estimate of drug-likeness (QED) is 0.555. The molecule has 0 aliphatic carbocycles. The number of imidazole rings is 1. The minimum atomic E-state index is -4.39. The Morgan fingerprint density at radius 1 is 1.12 bits per heavy atom.